The zero-order valence-electron chi connectivity index (χ0n) is 20.9. The van der Waals surface area contributed by atoms with E-state index < -0.39 is 0 Å². The molecule has 0 amide bonds. The van der Waals surface area contributed by atoms with E-state index in [0.29, 0.717) is 0 Å². The van der Waals surface area contributed by atoms with Crippen LogP contribution in [0, 0.1) is 71.0 Å². The molecule has 5 aliphatic rings. The maximum atomic E-state index is 2.71. The fourth-order valence-corrected chi connectivity index (χ4v) is 11.4. The van der Waals surface area contributed by atoms with Gasteiger partial charge < -0.3 is 0 Å². The number of rotatable bonds is 4. The van der Waals surface area contributed by atoms with E-state index in [2.05, 4.69) is 43.4 Å². The Bertz CT molecular complexity index is 561. The van der Waals surface area contributed by atoms with Gasteiger partial charge in [0.2, 0.25) is 0 Å². The van der Waals surface area contributed by atoms with Crippen LogP contribution in [-0.2, 0) is 0 Å². The Morgan fingerprint density at radius 2 is 0.935 bits per heavy atom. The van der Waals surface area contributed by atoms with Crippen LogP contribution in [0.1, 0.15) is 111 Å². The highest BCUT2D eigenvalue weighted by Crippen LogP contribution is 2.64. The highest BCUT2D eigenvalue weighted by Gasteiger charge is 2.57. The van der Waals surface area contributed by atoms with Gasteiger partial charge in [-0.1, -0.05) is 81.9 Å². The molecule has 5 rings (SSSR count). The van der Waals surface area contributed by atoms with Crippen LogP contribution in [-0.4, -0.2) is 4.43 Å². The van der Waals surface area contributed by atoms with E-state index >= 15 is 0 Å². The molecule has 0 saturated heterocycles. The molecule has 5 aliphatic carbocycles. The molecule has 178 valence electrons. The van der Waals surface area contributed by atoms with Crippen molar-refractivity contribution < 1.29 is 0 Å². The second-order valence-corrected chi connectivity index (χ2v) is 14.1. The van der Waals surface area contributed by atoms with Gasteiger partial charge in [-0.2, -0.15) is 0 Å². The zero-order valence-corrected chi connectivity index (χ0v) is 23.1. The SMILES string of the molecule is CC1C(C)C(CCCI)C(C2C3CCCCC3C(C)C3CCCCC32)C2CCCCC12. The Hall–Kier alpha value is 0.730. The van der Waals surface area contributed by atoms with Crippen molar-refractivity contribution in [3.63, 3.8) is 0 Å². The van der Waals surface area contributed by atoms with Crippen molar-refractivity contribution in [1.82, 2.24) is 0 Å². The van der Waals surface area contributed by atoms with Gasteiger partial charge >= 0.3 is 0 Å². The van der Waals surface area contributed by atoms with Crippen LogP contribution in [0.2, 0.25) is 0 Å². The Kier molecular flexibility index (Phi) is 7.68. The van der Waals surface area contributed by atoms with Gasteiger partial charge in [0.05, 0.1) is 0 Å². The normalized spacial score (nSPS) is 52.6. The van der Waals surface area contributed by atoms with Gasteiger partial charge in [0.25, 0.3) is 0 Å². The number of alkyl halides is 1. The minimum absolute atomic E-state index is 0.968. The largest absolute Gasteiger partial charge is 0.0864 e. The molecule has 0 N–H and O–H groups in total. The van der Waals surface area contributed by atoms with Crippen molar-refractivity contribution in [3.8, 4) is 0 Å². The average molecular weight is 539 g/mol. The maximum Gasteiger partial charge on any atom is -0.000462 e. The molecule has 0 aromatic rings. The summed E-state index contributed by atoms with van der Waals surface area (Å²) < 4.78 is 1.37. The van der Waals surface area contributed by atoms with Crippen molar-refractivity contribution in [1.29, 1.82) is 0 Å². The third kappa shape index (κ3) is 4.20. The predicted octanol–water partition coefficient (Wildman–Crippen LogP) is 9.40. The van der Waals surface area contributed by atoms with Crippen LogP contribution >= 0.6 is 22.6 Å². The van der Waals surface area contributed by atoms with E-state index in [1.807, 2.05) is 0 Å². The topological polar surface area (TPSA) is 0 Å². The molecule has 5 fully saturated rings. The van der Waals surface area contributed by atoms with E-state index in [4.69, 9.17) is 0 Å². The van der Waals surface area contributed by atoms with Crippen LogP contribution in [0.3, 0.4) is 0 Å². The van der Waals surface area contributed by atoms with Gasteiger partial charge in [-0.15, -0.1) is 0 Å². The first-order valence-electron chi connectivity index (χ1n) is 14.7. The highest BCUT2D eigenvalue weighted by molar-refractivity contribution is 14.1. The Labute approximate surface area is 208 Å². The van der Waals surface area contributed by atoms with Gasteiger partial charge in [-0.3, -0.25) is 0 Å². The lowest BCUT2D eigenvalue weighted by molar-refractivity contribution is -0.143. The van der Waals surface area contributed by atoms with Crippen LogP contribution in [0.15, 0.2) is 0 Å². The summed E-state index contributed by atoms with van der Waals surface area (Å²) in [5, 5.41) is 0. The Morgan fingerprint density at radius 3 is 1.42 bits per heavy atom. The van der Waals surface area contributed by atoms with Gasteiger partial charge in [0, 0.05) is 0 Å². The van der Waals surface area contributed by atoms with Crippen LogP contribution in [0.4, 0.5) is 0 Å². The standard InChI is InChI=1S/C30H51I/c1-19-20(2)25(17-10-18-31)29(26-14-7-4-11-22(19)26)30-27-15-8-5-12-23(27)21(3)24-13-6-9-16-28(24)30/h19-30H,4-18H2,1-3H3. The summed E-state index contributed by atoms with van der Waals surface area (Å²) in [6, 6.07) is 0. The second-order valence-electron chi connectivity index (χ2n) is 13.1. The molecule has 0 radical (unpaired) electrons. The number of fused-ring (bicyclic) bond motifs is 3. The number of hydrogen-bond donors (Lipinski definition) is 0. The predicted molar refractivity (Wildman–Crippen MR) is 142 cm³/mol. The van der Waals surface area contributed by atoms with Crippen LogP contribution in [0.5, 0.6) is 0 Å². The summed E-state index contributed by atoms with van der Waals surface area (Å²) in [5.41, 5.74) is 0. The molecule has 5 saturated carbocycles. The molecule has 0 nitrogen and oxygen atoms in total. The van der Waals surface area contributed by atoms with Gasteiger partial charge in [0.1, 0.15) is 0 Å². The van der Waals surface area contributed by atoms with Crippen molar-refractivity contribution >= 4 is 22.6 Å². The van der Waals surface area contributed by atoms with Crippen LogP contribution < -0.4 is 0 Å². The van der Waals surface area contributed by atoms with E-state index in [-0.39, 0.29) is 0 Å². The van der Waals surface area contributed by atoms with Crippen LogP contribution in [0.25, 0.3) is 0 Å². The Balaban J connectivity index is 1.54. The summed E-state index contributed by atoms with van der Waals surface area (Å²) in [6.45, 7) is 8.10. The minimum atomic E-state index is 0.968. The quantitative estimate of drug-likeness (QED) is 0.247. The lowest BCUT2D eigenvalue weighted by atomic mass is 9.42. The highest BCUT2D eigenvalue weighted by atomic mass is 127. The Morgan fingerprint density at radius 1 is 0.516 bits per heavy atom. The molecule has 31 heavy (non-hydrogen) atoms. The third-order valence-corrected chi connectivity index (χ3v) is 13.0. The maximum absolute atomic E-state index is 2.71. The molecule has 1 heteroatoms. The molecule has 0 aromatic carbocycles. The summed E-state index contributed by atoms with van der Waals surface area (Å²) in [4.78, 5) is 0. The summed E-state index contributed by atoms with van der Waals surface area (Å²) in [5.74, 6) is 12.7. The molecular weight excluding hydrogens is 487 g/mol. The molecule has 0 aliphatic heterocycles. The van der Waals surface area contributed by atoms with E-state index in [1.54, 1.807) is 64.2 Å². The molecule has 0 heterocycles. The molecular formula is C30H51I. The second kappa shape index (κ2) is 10.2. The fourth-order valence-electron chi connectivity index (χ4n) is 10.9. The molecule has 0 aromatic heterocycles. The smallest absolute Gasteiger partial charge is 0.000462 e. The first kappa shape index (κ1) is 23.5. The summed E-state index contributed by atoms with van der Waals surface area (Å²) in [7, 11) is 0. The van der Waals surface area contributed by atoms with E-state index in [1.165, 1.54) is 30.1 Å². The van der Waals surface area contributed by atoms with Crippen molar-refractivity contribution in [2.75, 3.05) is 4.43 Å². The molecule has 0 spiro atoms. The lowest BCUT2D eigenvalue weighted by Crippen LogP contribution is -2.56. The summed E-state index contributed by atoms with van der Waals surface area (Å²) in [6.07, 6.45) is 21.8. The van der Waals surface area contributed by atoms with Crippen molar-refractivity contribution in [2.24, 2.45) is 71.0 Å². The van der Waals surface area contributed by atoms with Gasteiger partial charge in [-0.05, 0) is 127 Å². The number of hydrogen-bond acceptors (Lipinski definition) is 0. The zero-order chi connectivity index (χ0) is 21.5. The molecule has 10 unspecified atom stereocenters. The first-order valence-corrected chi connectivity index (χ1v) is 16.2. The van der Waals surface area contributed by atoms with E-state index in [9.17, 15) is 0 Å². The number of halogens is 1. The first-order chi connectivity index (χ1) is 15.1. The summed E-state index contributed by atoms with van der Waals surface area (Å²) >= 11 is 2.66. The minimum Gasteiger partial charge on any atom is -0.0864 e. The van der Waals surface area contributed by atoms with Gasteiger partial charge in [0.15, 0.2) is 0 Å². The average Bonchev–Trinajstić information content (AvgIpc) is 2.82. The molecule has 0 bridgehead atoms. The molecule has 10 atom stereocenters. The fraction of sp³-hybridized carbons (Fsp3) is 1.00. The van der Waals surface area contributed by atoms with E-state index in [0.717, 1.165) is 71.0 Å². The van der Waals surface area contributed by atoms with Gasteiger partial charge in [-0.25, -0.2) is 0 Å². The van der Waals surface area contributed by atoms with Crippen molar-refractivity contribution in [3.05, 3.63) is 0 Å². The lowest BCUT2D eigenvalue weighted by Gasteiger charge is -2.63. The third-order valence-electron chi connectivity index (χ3n) is 12.2. The monoisotopic (exact) mass is 538 g/mol. The van der Waals surface area contributed by atoms with Crippen molar-refractivity contribution in [2.45, 2.75) is 111 Å².